The van der Waals surface area contributed by atoms with Gasteiger partial charge in [-0.15, -0.1) is 24.8 Å². The van der Waals surface area contributed by atoms with Crippen LogP contribution in [0.15, 0.2) is 0 Å². The smallest absolute Gasteiger partial charge is 0.0110 e. The molecule has 96 valence electrons. The van der Waals surface area contributed by atoms with Crippen molar-refractivity contribution in [3.05, 3.63) is 0 Å². The van der Waals surface area contributed by atoms with E-state index in [0.717, 1.165) is 11.8 Å². The van der Waals surface area contributed by atoms with Crippen molar-refractivity contribution in [2.24, 2.45) is 11.8 Å². The van der Waals surface area contributed by atoms with Crippen molar-refractivity contribution >= 4 is 24.8 Å². The van der Waals surface area contributed by atoms with Crippen LogP contribution in [0.5, 0.6) is 0 Å². The number of hydrogen-bond acceptors (Lipinski definition) is 2. The highest BCUT2D eigenvalue weighted by Crippen LogP contribution is 2.31. The summed E-state index contributed by atoms with van der Waals surface area (Å²) in [5, 5.41) is 0. The topological polar surface area (TPSA) is 6.48 Å². The van der Waals surface area contributed by atoms with E-state index in [4.69, 9.17) is 0 Å². The van der Waals surface area contributed by atoms with Gasteiger partial charge in [0.05, 0.1) is 0 Å². The summed E-state index contributed by atoms with van der Waals surface area (Å²) in [6.45, 7) is 8.15. The number of nitrogens with zero attached hydrogens (tertiary/aromatic N) is 2. The Morgan fingerprint density at radius 1 is 0.625 bits per heavy atom. The molecule has 16 heavy (non-hydrogen) atoms. The molecule has 0 radical (unpaired) electrons. The summed E-state index contributed by atoms with van der Waals surface area (Å²) in [5.74, 6) is 2.15. The second kappa shape index (κ2) is 6.44. The molecule has 3 rings (SSSR count). The fraction of sp³-hybridized carbons (Fsp3) is 1.00. The van der Waals surface area contributed by atoms with Gasteiger partial charge in [0.15, 0.2) is 0 Å². The summed E-state index contributed by atoms with van der Waals surface area (Å²) >= 11 is 0. The van der Waals surface area contributed by atoms with Gasteiger partial charge in [0, 0.05) is 39.3 Å². The molecule has 0 amide bonds. The van der Waals surface area contributed by atoms with E-state index >= 15 is 0 Å². The van der Waals surface area contributed by atoms with Gasteiger partial charge >= 0.3 is 0 Å². The molecule has 2 nitrogen and oxygen atoms in total. The molecule has 3 fully saturated rings. The summed E-state index contributed by atoms with van der Waals surface area (Å²) in [7, 11) is 0. The van der Waals surface area contributed by atoms with Crippen molar-refractivity contribution in [1.29, 1.82) is 0 Å². The average molecular weight is 267 g/mol. The maximum Gasteiger partial charge on any atom is 0.0110 e. The summed E-state index contributed by atoms with van der Waals surface area (Å²) < 4.78 is 0. The molecular formula is C12H24Cl2N2. The molecule has 2 saturated carbocycles. The lowest BCUT2D eigenvalue weighted by Crippen LogP contribution is -2.47. The van der Waals surface area contributed by atoms with Crippen molar-refractivity contribution in [2.75, 3.05) is 39.3 Å². The predicted molar refractivity (Wildman–Crippen MR) is 72.8 cm³/mol. The van der Waals surface area contributed by atoms with Gasteiger partial charge in [-0.05, 0) is 37.5 Å². The molecule has 1 saturated heterocycles. The second-order valence-electron chi connectivity index (χ2n) is 5.49. The van der Waals surface area contributed by atoms with Gasteiger partial charge < -0.3 is 9.80 Å². The Kier molecular flexibility index (Phi) is 5.86. The molecule has 0 aromatic carbocycles. The monoisotopic (exact) mass is 266 g/mol. The molecule has 0 bridgehead atoms. The van der Waals surface area contributed by atoms with E-state index in [-0.39, 0.29) is 24.8 Å². The molecule has 2 aliphatic carbocycles. The zero-order chi connectivity index (χ0) is 9.38. The predicted octanol–water partition coefficient (Wildman–Crippen LogP) is 2.27. The van der Waals surface area contributed by atoms with Crippen LogP contribution < -0.4 is 0 Å². The molecule has 4 heteroatoms. The Bertz CT molecular complexity index is 175. The van der Waals surface area contributed by atoms with Crippen molar-refractivity contribution < 1.29 is 0 Å². The minimum absolute atomic E-state index is 0. The summed E-state index contributed by atoms with van der Waals surface area (Å²) in [6.07, 6.45) is 6.01. The van der Waals surface area contributed by atoms with Gasteiger partial charge in [0.25, 0.3) is 0 Å². The minimum atomic E-state index is 0. The van der Waals surface area contributed by atoms with Crippen LogP contribution in [0.25, 0.3) is 0 Å². The molecule has 1 heterocycles. The van der Waals surface area contributed by atoms with Crippen molar-refractivity contribution in [1.82, 2.24) is 9.80 Å². The molecule has 0 aromatic rings. The lowest BCUT2D eigenvalue weighted by molar-refractivity contribution is 0.125. The van der Waals surface area contributed by atoms with Crippen LogP contribution in [0.3, 0.4) is 0 Å². The van der Waals surface area contributed by atoms with Crippen molar-refractivity contribution in [3.8, 4) is 0 Å². The lowest BCUT2D eigenvalue weighted by atomic mass is 10.2. The number of rotatable bonds is 4. The highest BCUT2D eigenvalue weighted by Gasteiger charge is 2.28. The van der Waals surface area contributed by atoms with Gasteiger partial charge in [-0.1, -0.05) is 0 Å². The molecule has 0 atom stereocenters. The first-order chi connectivity index (χ1) is 6.90. The van der Waals surface area contributed by atoms with Crippen LogP contribution in [0.4, 0.5) is 0 Å². The van der Waals surface area contributed by atoms with Crippen LogP contribution in [0.2, 0.25) is 0 Å². The zero-order valence-electron chi connectivity index (χ0n) is 9.94. The number of piperazine rings is 1. The van der Waals surface area contributed by atoms with E-state index in [1.807, 2.05) is 0 Å². The fourth-order valence-electron chi connectivity index (χ4n) is 2.49. The Morgan fingerprint density at radius 3 is 1.19 bits per heavy atom. The van der Waals surface area contributed by atoms with E-state index in [2.05, 4.69) is 9.80 Å². The Hall–Kier alpha value is 0.500. The van der Waals surface area contributed by atoms with E-state index in [1.54, 1.807) is 0 Å². The third kappa shape index (κ3) is 4.40. The summed E-state index contributed by atoms with van der Waals surface area (Å²) in [6, 6.07) is 0. The van der Waals surface area contributed by atoms with E-state index in [1.165, 1.54) is 65.0 Å². The summed E-state index contributed by atoms with van der Waals surface area (Å²) in [5.41, 5.74) is 0. The highest BCUT2D eigenvalue weighted by molar-refractivity contribution is 5.85. The molecule has 0 N–H and O–H groups in total. The normalized spacial score (nSPS) is 27.0. The fourth-order valence-corrected chi connectivity index (χ4v) is 2.49. The molecule has 0 unspecified atom stereocenters. The lowest BCUT2D eigenvalue weighted by Gasteiger charge is -2.34. The second-order valence-corrected chi connectivity index (χ2v) is 5.49. The highest BCUT2D eigenvalue weighted by atomic mass is 35.5. The quantitative estimate of drug-likeness (QED) is 0.771. The Labute approximate surface area is 112 Å². The van der Waals surface area contributed by atoms with E-state index < -0.39 is 0 Å². The van der Waals surface area contributed by atoms with Crippen molar-refractivity contribution in [3.63, 3.8) is 0 Å². The zero-order valence-corrected chi connectivity index (χ0v) is 11.6. The summed E-state index contributed by atoms with van der Waals surface area (Å²) in [4.78, 5) is 5.36. The third-order valence-corrected chi connectivity index (χ3v) is 3.89. The number of halogens is 2. The maximum absolute atomic E-state index is 2.68. The minimum Gasteiger partial charge on any atom is -0.301 e. The average Bonchev–Trinajstić information content (AvgIpc) is 3.02. The van der Waals surface area contributed by atoms with Crippen LogP contribution in [-0.2, 0) is 0 Å². The van der Waals surface area contributed by atoms with Gasteiger partial charge in [0.2, 0.25) is 0 Å². The first-order valence-electron chi connectivity index (χ1n) is 6.35. The van der Waals surface area contributed by atoms with E-state index in [9.17, 15) is 0 Å². The first-order valence-corrected chi connectivity index (χ1v) is 6.35. The van der Waals surface area contributed by atoms with Gasteiger partial charge in [0.1, 0.15) is 0 Å². The first kappa shape index (κ1) is 14.6. The maximum atomic E-state index is 2.68. The van der Waals surface area contributed by atoms with Gasteiger partial charge in [-0.3, -0.25) is 0 Å². The molecule has 1 aliphatic heterocycles. The largest absolute Gasteiger partial charge is 0.301 e. The van der Waals surface area contributed by atoms with Crippen molar-refractivity contribution in [2.45, 2.75) is 25.7 Å². The molecule has 0 aromatic heterocycles. The molecular weight excluding hydrogens is 243 g/mol. The van der Waals surface area contributed by atoms with Crippen LogP contribution in [0.1, 0.15) is 25.7 Å². The van der Waals surface area contributed by atoms with Gasteiger partial charge in [-0.2, -0.15) is 0 Å². The molecule has 3 aliphatic rings. The number of hydrogen-bond donors (Lipinski definition) is 0. The van der Waals surface area contributed by atoms with E-state index in [0.29, 0.717) is 0 Å². The Balaban J connectivity index is 0.000000640. The molecule has 0 spiro atoms. The van der Waals surface area contributed by atoms with Crippen LogP contribution >= 0.6 is 24.8 Å². The standard InChI is InChI=1S/C12H22N2.2ClH/c1-2-11(1)9-13-5-7-14(8-6-13)10-12-3-4-12;;/h11-12H,1-10H2;2*1H. The SMILES string of the molecule is C1CC1CN1CCN(CC2CC2)CC1.Cl.Cl. The Morgan fingerprint density at radius 2 is 0.938 bits per heavy atom. The third-order valence-electron chi connectivity index (χ3n) is 3.89. The van der Waals surface area contributed by atoms with Crippen LogP contribution in [-0.4, -0.2) is 49.1 Å². The van der Waals surface area contributed by atoms with Crippen LogP contribution in [0, 0.1) is 11.8 Å². The van der Waals surface area contributed by atoms with Gasteiger partial charge in [-0.25, -0.2) is 0 Å².